The lowest BCUT2D eigenvalue weighted by molar-refractivity contribution is 0.0955. The van der Waals surface area contributed by atoms with Gasteiger partial charge in [-0.3, -0.25) is 4.79 Å². The first kappa shape index (κ1) is 15.0. The molecule has 1 fully saturated rings. The third-order valence-corrected chi connectivity index (χ3v) is 5.54. The zero-order chi connectivity index (χ0) is 14.9. The fourth-order valence-electron chi connectivity index (χ4n) is 2.34. The number of hydrogen-bond acceptors (Lipinski definition) is 4. The SMILES string of the molecule is CNC(=O)c1cc(S(=O)(=O)N(C)C2CCNC2)cn1C. The molecule has 112 valence electrons. The fourth-order valence-corrected chi connectivity index (χ4v) is 3.80. The number of rotatable bonds is 4. The molecule has 2 heterocycles. The number of aromatic nitrogens is 1. The number of likely N-dealkylation sites (N-methyl/N-ethyl adjacent to an activating group) is 1. The molecule has 0 aromatic carbocycles. The van der Waals surface area contributed by atoms with E-state index in [1.807, 2.05) is 0 Å². The van der Waals surface area contributed by atoms with Crippen molar-refractivity contribution in [2.45, 2.75) is 17.4 Å². The number of aryl methyl sites for hydroxylation is 1. The predicted molar refractivity (Wildman–Crippen MR) is 75.0 cm³/mol. The molecule has 1 aromatic rings. The minimum absolute atomic E-state index is 0.0383. The van der Waals surface area contributed by atoms with E-state index in [9.17, 15) is 13.2 Å². The zero-order valence-corrected chi connectivity index (χ0v) is 12.7. The van der Waals surface area contributed by atoms with E-state index >= 15 is 0 Å². The molecule has 1 aliphatic rings. The highest BCUT2D eigenvalue weighted by Crippen LogP contribution is 2.21. The molecule has 2 rings (SSSR count). The van der Waals surface area contributed by atoms with Crippen molar-refractivity contribution in [3.63, 3.8) is 0 Å². The lowest BCUT2D eigenvalue weighted by Crippen LogP contribution is -2.38. The molecule has 2 N–H and O–H groups in total. The first-order valence-electron chi connectivity index (χ1n) is 6.45. The summed E-state index contributed by atoms with van der Waals surface area (Å²) in [5, 5.41) is 5.64. The van der Waals surface area contributed by atoms with Crippen LogP contribution < -0.4 is 10.6 Å². The molecule has 20 heavy (non-hydrogen) atoms. The maximum atomic E-state index is 12.5. The molecule has 1 aliphatic heterocycles. The van der Waals surface area contributed by atoms with Crippen molar-refractivity contribution in [2.24, 2.45) is 7.05 Å². The van der Waals surface area contributed by atoms with Crippen LogP contribution in [-0.2, 0) is 17.1 Å². The molecule has 7 nitrogen and oxygen atoms in total. The van der Waals surface area contributed by atoms with Crippen molar-refractivity contribution >= 4 is 15.9 Å². The molecule has 0 radical (unpaired) electrons. The van der Waals surface area contributed by atoms with Crippen LogP contribution >= 0.6 is 0 Å². The zero-order valence-electron chi connectivity index (χ0n) is 11.9. The standard InChI is InChI=1S/C12H20N4O3S/c1-13-12(17)11-6-10(8-15(11)2)20(18,19)16(3)9-4-5-14-7-9/h6,8-9,14H,4-5,7H2,1-3H3,(H,13,17). The molecule has 0 spiro atoms. The Morgan fingerprint density at radius 3 is 2.80 bits per heavy atom. The van der Waals surface area contributed by atoms with Crippen LogP contribution in [-0.4, -0.2) is 56.4 Å². The van der Waals surface area contributed by atoms with Gasteiger partial charge in [-0.05, 0) is 19.0 Å². The summed E-state index contributed by atoms with van der Waals surface area (Å²) in [5.74, 6) is -0.306. The summed E-state index contributed by atoms with van der Waals surface area (Å²) in [7, 11) is 1.18. The maximum Gasteiger partial charge on any atom is 0.267 e. The van der Waals surface area contributed by atoms with Crippen molar-refractivity contribution in [1.82, 2.24) is 19.5 Å². The van der Waals surface area contributed by atoms with E-state index in [0.717, 1.165) is 13.0 Å². The summed E-state index contributed by atoms with van der Waals surface area (Å²) in [5.41, 5.74) is 0.323. The van der Waals surface area contributed by atoms with Crippen LogP contribution in [0.15, 0.2) is 17.2 Å². The largest absolute Gasteiger partial charge is 0.354 e. The number of carbonyl (C=O) groups is 1. The number of nitrogens with zero attached hydrogens (tertiary/aromatic N) is 2. The molecule has 1 saturated heterocycles. The quantitative estimate of drug-likeness (QED) is 0.775. The van der Waals surface area contributed by atoms with Gasteiger partial charge in [-0.25, -0.2) is 8.42 Å². The van der Waals surface area contributed by atoms with Crippen molar-refractivity contribution in [3.8, 4) is 0 Å². The van der Waals surface area contributed by atoms with Gasteiger partial charge in [0.2, 0.25) is 10.0 Å². The van der Waals surface area contributed by atoms with Crippen LogP contribution in [0, 0.1) is 0 Å². The summed E-state index contributed by atoms with van der Waals surface area (Å²) >= 11 is 0. The van der Waals surface area contributed by atoms with Crippen LogP contribution in [0.25, 0.3) is 0 Å². The predicted octanol–water partition coefficient (Wildman–Crippen LogP) is -0.633. The Morgan fingerprint density at radius 1 is 1.55 bits per heavy atom. The van der Waals surface area contributed by atoms with Gasteiger partial charge in [-0.2, -0.15) is 4.31 Å². The summed E-state index contributed by atoms with van der Waals surface area (Å²) in [6.45, 7) is 1.48. The van der Waals surface area contributed by atoms with E-state index in [-0.39, 0.29) is 16.8 Å². The second-order valence-electron chi connectivity index (χ2n) is 4.92. The normalized spacial score (nSPS) is 19.5. The minimum atomic E-state index is -3.57. The highest BCUT2D eigenvalue weighted by molar-refractivity contribution is 7.89. The average Bonchev–Trinajstić information content (AvgIpc) is 3.06. The number of nitrogens with one attached hydrogen (secondary N) is 2. The van der Waals surface area contributed by atoms with E-state index in [1.165, 1.54) is 28.2 Å². The second kappa shape index (κ2) is 5.55. The summed E-state index contributed by atoms with van der Waals surface area (Å²) < 4.78 is 28.0. The topological polar surface area (TPSA) is 83.4 Å². The van der Waals surface area contributed by atoms with Crippen LogP contribution in [0.5, 0.6) is 0 Å². The number of sulfonamides is 1. The van der Waals surface area contributed by atoms with Gasteiger partial charge in [0, 0.05) is 39.9 Å². The van der Waals surface area contributed by atoms with Gasteiger partial charge in [-0.1, -0.05) is 0 Å². The number of carbonyl (C=O) groups excluding carboxylic acids is 1. The van der Waals surface area contributed by atoms with Gasteiger partial charge in [-0.15, -0.1) is 0 Å². The molecular formula is C12H20N4O3S. The highest BCUT2D eigenvalue weighted by Gasteiger charge is 2.31. The fraction of sp³-hybridized carbons (Fsp3) is 0.583. The lowest BCUT2D eigenvalue weighted by Gasteiger charge is -2.22. The summed E-state index contributed by atoms with van der Waals surface area (Å²) in [6.07, 6.45) is 2.27. The Bertz CT molecular complexity index is 602. The maximum absolute atomic E-state index is 12.5. The van der Waals surface area contributed by atoms with Crippen molar-refractivity contribution < 1.29 is 13.2 Å². The monoisotopic (exact) mass is 300 g/mol. The van der Waals surface area contributed by atoms with Crippen molar-refractivity contribution in [3.05, 3.63) is 18.0 Å². The summed E-state index contributed by atoms with van der Waals surface area (Å²) in [6, 6.07) is 1.37. The lowest BCUT2D eigenvalue weighted by atomic mass is 10.3. The van der Waals surface area contributed by atoms with E-state index in [4.69, 9.17) is 0 Å². The van der Waals surface area contributed by atoms with E-state index in [0.29, 0.717) is 12.2 Å². The van der Waals surface area contributed by atoms with Gasteiger partial charge in [0.25, 0.3) is 5.91 Å². The molecule has 1 amide bonds. The number of amides is 1. The molecule has 1 unspecified atom stereocenters. The summed E-state index contributed by atoms with van der Waals surface area (Å²) in [4.78, 5) is 11.8. The second-order valence-corrected chi connectivity index (χ2v) is 6.92. The van der Waals surface area contributed by atoms with E-state index in [1.54, 1.807) is 14.1 Å². The smallest absolute Gasteiger partial charge is 0.267 e. The van der Waals surface area contributed by atoms with Gasteiger partial charge >= 0.3 is 0 Å². The molecule has 1 atom stereocenters. The Balaban J connectivity index is 2.32. The Labute approximate surface area is 119 Å². The Kier molecular flexibility index (Phi) is 4.17. The molecule has 0 saturated carbocycles. The minimum Gasteiger partial charge on any atom is -0.354 e. The van der Waals surface area contributed by atoms with Crippen LogP contribution in [0.3, 0.4) is 0 Å². The average molecular weight is 300 g/mol. The van der Waals surface area contributed by atoms with Gasteiger partial charge in [0.1, 0.15) is 10.6 Å². The molecule has 1 aromatic heterocycles. The molecule has 0 aliphatic carbocycles. The van der Waals surface area contributed by atoms with Crippen molar-refractivity contribution in [2.75, 3.05) is 27.2 Å². The molecule has 0 bridgehead atoms. The van der Waals surface area contributed by atoms with Crippen LogP contribution in [0.4, 0.5) is 0 Å². The number of hydrogen-bond donors (Lipinski definition) is 2. The van der Waals surface area contributed by atoms with Crippen LogP contribution in [0.1, 0.15) is 16.9 Å². The van der Waals surface area contributed by atoms with Gasteiger partial charge < -0.3 is 15.2 Å². The molecular weight excluding hydrogens is 280 g/mol. The first-order chi connectivity index (χ1) is 9.37. The van der Waals surface area contributed by atoms with Gasteiger partial charge in [0.15, 0.2) is 0 Å². The first-order valence-corrected chi connectivity index (χ1v) is 7.89. The van der Waals surface area contributed by atoms with Crippen LogP contribution in [0.2, 0.25) is 0 Å². The van der Waals surface area contributed by atoms with Crippen molar-refractivity contribution in [1.29, 1.82) is 0 Å². The third-order valence-electron chi connectivity index (χ3n) is 3.67. The van der Waals surface area contributed by atoms with Gasteiger partial charge in [0.05, 0.1) is 0 Å². The van der Waals surface area contributed by atoms with E-state index in [2.05, 4.69) is 10.6 Å². The highest BCUT2D eigenvalue weighted by atomic mass is 32.2. The van der Waals surface area contributed by atoms with E-state index < -0.39 is 10.0 Å². The molecule has 8 heteroatoms. The third kappa shape index (κ3) is 2.58. The Hall–Kier alpha value is -1.38. The Morgan fingerprint density at radius 2 is 2.25 bits per heavy atom.